The summed E-state index contributed by atoms with van der Waals surface area (Å²) in [5, 5.41) is 10.3. The zero-order valence-corrected chi connectivity index (χ0v) is 21.3. The molecule has 0 spiro atoms. The molecule has 3 atom stereocenters. The summed E-state index contributed by atoms with van der Waals surface area (Å²) >= 11 is 0. The van der Waals surface area contributed by atoms with E-state index in [2.05, 4.69) is 53.4 Å². The van der Waals surface area contributed by atoms with Crippen LogP contribution in [0.2, 0.25) is 0 Å². The van der Waals surface area contributed by atoms with Crippen molar-refractivity contribution in [3.05, 3.63) is 77.9 Å². The normalized spacial score (nSPS) is 17.8. The summed E-state index contributed by atoms with van der Waals surface area (Å²) in [6, 6.07) is 9.01. The van der Waals surface area contributed by atoms with E-state index in [1.165, 1.54) is 10.9 Å². The summed E-state index contributed by atoms with van der Waals surface area (Å²) in [4.78, 5) is 30.8. The SMILES string of the molecule is CC[C@@H](NC(=O)c1ccc(-c2nc(C)cc(NC3CC(C)NN3)n2)cn1)c1ccc(-n2cc(F)cn2)nc1. The Kier molecular flexibility index (Phi) is 7.33. The molecule has 196 valence electrons. The average molecular weight is 517 g/mol. The number of aromatic nitrogens is 6. The second-order valence-corrected chi connectivity index (χ2v) is 9.26. The van der Waals surface area contributed by atoms with Crippen molar-refractivity contribution in [3.8, 4) is 17.2 Å². The van der Waals surface area contributed by atoms with Crippen LogP contribution in [0.25, 0.3) is 17.2 Å². The molecule has 1 amide bonds. The summed E-state index contributed by atoms with van der Waals surface area (Å²) in [5.74, 6) is 0.987. The molecule has 4 aromatic heterocycles. The number of hydrogen-bond acceptors (Lipinski definition) is 9. The van der Waals surface area contributed by atoms with Gasteiger partial charge in [0, 0.05) is 35.8 Å². The van der Waals surface area contributed by atoms with Gasteiger partial charge in [0.25, 0.3) is 5.91 Å². The van der Waals surface area contributed by atoms with Crippen LogP contribution in [0, 0.1) is 12.7 Å². The fraction of sp³-hybridized carbons (Fsp3) is 0.308. The van der Waals surface area contributed by atoms with Gasteiger partial charge in [-0.15, -0.1) is 0 Å². The maximum atomic E-state index is 13.2. The van der Waals surface area contributed by atoms with Crippen molar-refractivity contribution >= 4 is 11.7 Å². The number of nitrogens with one attached hydrogen (secondary N) is 4. The summed E-state index contributed by atoms with van der Waals surface area (Å²) < 4.78 is 14.6. The fourth-order valence-corrected chi connectivity index (χ4v) is 4.24. The third-order valence-electron chi connectivity index (χ3n) is 6.20. The number of aryl methyl sites for hydroxylation is 1. The lowest BCUT2D eigenvalue weighted by Crippen LogP contribution is -2.36. The number of anilines is 1. The zero-order chi connectivity index (χ0) is 26.6. The van der Waals surface area contributed by atoms with Gasteiger partial charge in [-0.3, -0.25) is 15.2 Å². The Morgan fingerprint density at radius 3 is 2.66 bits per heavy atom. The third-order valence-corrected chi connectivity index (χ3v) is 6.20. The molecule has 4 aromatic rings. The highest BCUT2D eigenvalue weighted by Gasteiger charge is 2.21. The van der Waals surface area contributed by atoms with Gasteiger partial charge in [0.1, 0.15) is 11.5 Å². The van der Waals surface area contributed by atoms with E-state index in [0.29, 0.717) is 35.5 Å². The minimum absolute atomic E-state index is 0.0721. The molecule has 0 aliphatic carbocycles. The first kappa shape index (κ1) is 25.4. The Morgan fingerprint density at radius 2 is 2.03 bits per heavy atom. The largest absolute Gasteiger partial charge is 0.353 e. The molecular formula is C26H29FN10O. The van der Waals surface area contributed by atoms with Gasteiger partial charge in [-0.25, -0.2) is 29.4 Å². The third kappa shape index (κ3) is 5.82. The fourth-order valence-electron chi connectivity index (χ4n) is 4.24. The van der Waals surface area contributed by atoms with Gasteiger partial charge in [0.05, 0.1) is 24.6 Å². The first-order valence-corrected chi connectivity index (χ1v) is 12.4. The van der Waals surface area contributed by atoms with E-state index < -0.39 is 5.82 Å². The lowest BCUT2D eigenvalue weighted by Gasteiger charge is -2.17. The number of hydrogen-bond donors (Lipinski definition) is 4. The molecule has 1 fully saturated rings. The number of pyridine rings is 2. The van der Waals surface area contributed by atoms with Crippen LogP contribution in [0.1, 0.15) is 54.5 Å². The predicted octanol–water partition coefficient (Wildman–Crippen LogP) is 3.07. The van der Waals surface area contributed by atoms with Crippen LogP contribution < -0.4 is 21.5 Å². The maximum Gasteiger partial charge on any atom is 0.270 e. The van der Waals surface area contributed by atoms with Crippen LogP contribution in [0.5, 0.6) is 0 Å². The standard InChI is InChI=1S/C26H29FN10O/c1-4-20(17-6-8-24(29-11-17)37-14-19(27)13-30-37)32-26(38)21-7-5-18(12-28-21)25-31-15(2)9-22(34-25)33-23-10-16(3)35-36-23/h5-9,11-14,16,20,23,35-36H,4,10H2,1-3H3,(H,32,38)(H,31,33,34)/t16?,20-,23?/m1/s1. The maximum absolute atomic E-state index is 13.2. The molecule has 1 aliphatic rings. The smallest absolute Gasteiger partial charge is 0.270 e. The second kappa shape index (κ2) is 11.0. The molecular weight excluding hydrogens is 487 g/mol. The van der Waals surface area contributed by atoms with E-state index in [1.54, 1.807) is 30.6 Å². The van der Waals surface area contributed by atoms with Crippen molar-refractivity contribution in [2.24, 2.45) is 0 Å². The highest BCUT2D eigenvalue weighted by molar-refractivity contribution is 5.92. The predicted molar refractivity (Wildman–Crippen MR) is 140 cm³/mol. The number of halogens is 1. The van der Waals surface area contributed by atoms with E-state index in [0.717, 1.165) is 23.9 Å². The van der Waals surface area contributed by atoms with Crippen molar-refractivity contribution in [2.45, 2.75) is 51.9 Å². The van der Waals surface area contributed by atoms with Crippen molar-refractivity contribution in [1.29, 1.82) is 0 Å². The van der Waals surface area contributed by atoms with E-state index in [9.17, 15) is 9.18 Å². The molecule has 11 nitrogen and oxygen atoms in total. The number of hydrazine groups is 1. The molecule has 0 radical (unpaired) electrons. The van der Waals surface area contributed by atoms with Crippen LogP contribution in [-0.2, 0) is 0 Å². The number of carbonyl (C=O) groups excluding carboxylic acids is 1. The molecule has 5 heterocycles. The molecule has 2 unspecified atom stereocenters. The molecule has 1 saturated heterocycles. The van der Waals surface area contributed by atoms with Crippen molar-refractivity contribution in [2.75, 3.05) is 5.32 Å². The summed E-state index contributed by atoms with van der Waals surface area (Å²) in [6.07, 6.45) is 7.27. The van der Waals surface area contributed by atoms with Crippen LogP contribution in [0.4, 0.5) is 10.2 Å². The molecule has 1 aliphatic heterocycles. The highest BCUT2D eigenvalue weighted by Crippen LogP contribution is 2.20. The van der Waals surface area contributed by atoms with Gasteiger partial charge in [0.15, 0.2) is 17.5 Å². The first-order valence-electron chi connectivity index (χ1n) is 12.4. The Balaban J connectivity index is 1.26. The quantitative estimate of drug-likeness (QED) is 0.279. The van der Waals surface area contributed by atoms with Crippen LogP contribution in [-0.4, -0.2) is 47.8 Å². The Hall–Kier alpha value is -4.29. The molecule has 0 saturated carbocycles. The van der Waals surface area contributed by atoms with Gasteiger partial charge >= 0.3 is 0 Å². The van der Waals surface area contributed by atoms with E-state index in [-0.39, 0.29) is 23.8 Å². The Labute approximate surface area is 219 Å². The highest BCUT2D eigenvalue weighted by atomic mass is 19.1. The molecule has 5 rings (SSSR count). The molecule has 38 heavy (non-hydrogen) atoms. The molecule has 0 aromatic carbocycles. The van der Waals surface area contributed by atoms with Crippen molar-refractivity contribution in [3.63, 3.8) is 0 Å². The van der Waals surface area contributed by atoms with Gasteiger partial charge in [-0.1, -0.05) is 13.0 Å². The van der Waals surface area contributed by atoms with E-state index in [4.69, 9.17) is 0 Å². The summed E-state index contributed by atoms with van der Waals surface area (Å²) in [6.45, 7) is 5.99. The van der Waals surface area contributed by atoms with Gasteiger partial charge < -0.3 is 10.6 Å². The number of amides is 1. The van der Waals surface area contributed by atoms with Crippen molar-refractivity contribution in [1.82, 2.24) is 45.9 Å². The topological polar surface area (TPSA) is 135 Å². The molecule has 0 bridgehead atoms. The van der Waals surface area contributed by atoms with Gasteiger partial charge in [-0.05, 0) is 50.5 Å². The van der Waals surface area contributed by atoms with Crippen molar-refractivity contribution < 1.29 is 9.18 Å². The second-order valence-electron chi connectivity index (χ2n) is 9.26. The lowest BCUT2D eigenvalue weighted by atomic mass is 10.1. The minimum Gasteiger partial charge on any atom is -0.353 e. The number of carbonyl (C=O) groups is 1. The summed E-state index contributed by atoms with van der Waals surface area (Å²) in [7, 11) is 0. The lowest BCUT2D eigenvalue weighted by molar-refractivity contribution is 0.0930. The Morgan fingerprint density at radius 1 is 1.16 bits per heavy atom. The zero-order valence-electron chi connectivity index (χ0n) is 21.3. The van der Waals surface area contributed by atoms with Gasteiger partial charge in [-0.2, -0.15) is 5.10 Å². The average Bonchev–Trinajstić information content (AvgIpc) is 3.54. The van der Waals surface area contributed by atoms with Crippen LogP contribution in [0.15, 0.2) is 55.1 Å². The Bertz CT molecular complexity index is 1410. The van der Waals surface area contributed by atoms with Crippen LogP contribution in [0.3, 0.4) is 0 Å². The monoisotopic (exact) mass is 516 g/mol. The first-order chi connectivity index (χ1) is 18.4. The van der Waals surface area contributed by atoms with E-state index >= 15 is 0 Å². The number of nitrogens with zero attached hydrogens (tertiary/aromatic N) is 6. The molecule has 12 heteroatoms. The van der Waals surface area contributed by atoms with Gasteiger partial charge in [0.2, 0.25) is 0 Å². The molecule has 4 N–H and O–H groups in total. The summed E-state index contributed by atoms with van der Waals surface area (Å²) in [5.41, 5.74) is 9.01. The van der Waals surface area contributed by atoms with Crippen LogP contribution >= 0.6 is 0 Å². The minimum atomic E-state index is -0.437. The van der Waals surface area contributed by atoms with E-state index in [1.807, 2.05) is 26.0 Å². The number of rotatable bonds is 8.